The van der Waals surface area contributed by atoms with Crippen LogP contribution in [0.25, 0.3) is 0 Å². The standard InChI is InChI=1S/C12H24N4/c1-2-11-6-4-3-5-9-16(11)12(15-13)14-10-7-8-10/h10-11H,2-9,13H2,1H3,(H,14,15). The average molecular weight is 224 g/mol. The molecular weight excluding hydrogens is 200 g/mol. The Morgan fingerprint density at radius 1 is 1.31 bits per heavy atom. The lowest BCUT2D eigenvalue weighted by Gasteiger charge is -2.31. The fourth-order valence-electron chi connectivity index (χ4n) is 2.45. The quantitative estimate of drug-likeness (QED) is 0.324. The van der Waals surface area contributed by atoms with Crippen LogP contribution < -0.4 is 11.3 Å². The van der Waals surface area contributed by atoms with Gasteiger partial charge in [-0.3, -0.25) is 5.43 Å². The number of hydrogen-bond donors (Lipinski definition) is 2. The summed E-state index contributed by atoms with van der Waals surface area (Å²) < 4.78 is 0. The van der Waals surface area contributed by atoms with E-state index >= 15 is 0 Å². The van der Waals surface area contributed by atoms with Crippen molar-refractivity contribution in [3.8, 4) is 0 Å². The summed E-state index contributed by atoms with van der Waals surface area (Å²) in [5.41, 5.74) is 2.81. The van der Waals surface area contributed by atoms with Gasteiger partial charge >= 0.3 is 0 Å². The van der Waals surface area contributed by atoms with Crippen LogP contribution in [0.15, 0.2) is 4.99 Å². The third-order valence-electron chi connectivity index (χ3n) is 3.60. The highest BCUT2D eigenvalue weighted by Crippen LogP contribution is 2.25. The monoisotopic (exact) mass is 224 g/mol. The number of nitrogens with two attached hydrogens (primary N) is 1. The van der Waals surface area contributed by atoms with E-state index in [0.29, 0.717) is 12.1 Å². The third-order valence-corrected chi connectivity index (χ3v) is 3.60. The van der Waals surface area contributed by atoms with E-state index in [9.17, 15) is 0 Å². The number of nitrogens with zero attached hydrogens (tertiary/aromatic N) is 2. The fraction of sp³-hybridized carbons (Fsp3) is 0.917. The Morgan fingerprint density at radius 2 is 2.12 bits per heavy atom. The molecule has 1 heterocycles. The second-order valence-corrected chi connectivity index (χ2v) is 4.93. The molecule has 1 saturated heterocycles. The number of hydrazine groups is 1. The van der Waals surface area contributed by atoms with Crippen molar-refractivity contribution in [1.82, 2.24) is 10.3 Å². The smallest absolute Gasteiger partial charge is 0.208 e. The van der Waals surface area contributed by atoms with Gasteiger partial charge in [0, 0.05) is 12.6 Å². The molecule has 0 radical (unpaired) electrons. The lowest BCUT2D eigenvalue weighted by atomic mass is 10.1. The SMILES string of the molecule is CCC1CCCCCN1C(=NC1CC1)NN. The number of likely N-dealkylation sites (tertiary alicyclic amines) is 1. The molecule has 4 heteroatoms. The largest absolute Gasteiger partial charge is 0.339 e. The van der Waals surface area contributed by atoms with Crippen molar-refractivity contribution in [1.29, 1.82) is 0 Å². The second kappa shape index (κ2) is 5.53. The molecule has 0 aromatic heterocycles. The molecular formula is C12H24N4. The predicted molar refractivity (Wildman–Crippen MR) is 67.0 cm³/mol. The van der Waals surface area contributed by atoms with E-state index in [4.69, 9.17) is 5.84 Å². The van der Waals surface area contributed by atoms with Gasteiger partial charge < -0.3 is 4.90 Å². The molecule has 0 aromatic carbocycles. The molecule has 2 aliphatic rings. The van der Waals surface area contributed by atoms with Crippen LogP contribution >= 0.6 is 0 Å². The number of hydrogen-bond acceptors (Lipinski definition) is 2. The number of rotatable bonds is 2. The Kier molecular flexibility index (Phi) is 4.04. The minimum Gasteiger partial charge on any atom is -0.339 e. The van der Waals surface area contributed by atoms with Crippen LogP contribution in [-0.4, -0.2) is 29.5 Å². The highest BCUT2D eigenvalue weighted by Gasteiger charge is 2.26. The first-order chi connectivity index (χ1) is 7.85. The van der Waals surface area contributed by atoms with Crippen LogP contribution in [0.1, 0.15) is 51.9 Å². The van der Waals surface area contributed by atoms with Gasteiger partial charge in [0.05, 0.1) is 6.04 Å². The van der Waals surface area contributed by atoms with E-state index in [-0.39, 0.29) is 0 Å². The van der Waals surface area contributed by atoms with Gasteiger partial charge in [-0.15, -0.1) is 0 Å². The molecule has 1 saturated carbocycles. The van der Waals surface area contributed by atoms with Gasteiger partial charge in [-0.05, 0) is 32.1 Å². The van der Waals surface area contributed by atoms with Gasteiger partial charge in [0.2, 0.25) is 5.96 Å². The summed E-state index contributed by atoms with van der Waals surface area (Å²) in [5.74, 6) is 6.55. The van der Waals surface area contributed by atoms with Crippen molar-refractivity contribution in [3.63, 3.8) is 0 Å². The van der Waals surface area contributed by atoms with Gasteiger partial charge in [0.15, 0.2) is 0 Å². The highest BCUT2D eigenvalue weighted by molar-refractivity contribution is 5.80. The highest BCUT2D eigenvalue weighted by atomic mass is 15.4. The zero-order chi connectivity index (χ0) is 11.4. The Balaban J connectivity index is 2.06. The zero-order valence-corrected chi connectivity index (χ0v) is 10.3. The summed E-state index contributed by atoms with van der Waals surface area (Å²) in [7, 11) is 0. The van der Waals surface area contributed by atoms with Crippen LogP contribution in [0.4, 0.5) is 0 Å². The Bertz CT molecular complexity index is 247. The molecule has 0 amide bonds. The van der Waals surface area contributed by atoms with E-state index in [1.165, 1.54) is 44.9 Å². The summed E-state index contributed by atoms with van der Waals surface area (Å²) in [6.07, 6.45) is 8.88. The molecule has 1 aliphatic heterocycles. The first kappa shape index (κ1) is 11.7. The van der Waals surface area contributed by atoms with E-state index in [1.807, 2.05) is 0 Å². The molecule has 0 aromatic rings. The number of nitrogens with one attached hydrogen (secondary N) is 1. The maximum Gasteiger partial charge on any atom is 0.208 e. The lowest BCUT2D eigenvalue weighted by molar-refractivity contribution is 0.296. The van der Waals surface area contributed by atoms with Gasteiger partial charge in [0.1, 0.15) is 0 Å². The number of aliphatic imine (C=N–C) groups is 1. The fourth-order valence-corrected chi connectivity index (χ4v) is 2.45. The molecule has 16 heavy (non-hydrogen) atoms. The maximum atomic E-state index is 5.63. The molecule has 1 aliphatic carbocycles. The Morgan fingerprint density at radius 3 is 2.75 bits per heavy atom. The molecule has 3 N–H and O–H groups in total. The summed E-state index contributed by atoms with van der Waals surface area (Å²) in [6, 6.07) is 1.16. The average Bonchev–Trinajstić information content (AvgIpc) is 3.12. The van der Waals surface area contributed by atoms with Crippen molar-refractivity contribution >= 4 is 5.96 Å². The summed E-state index contributed by atoms with van der Waals surface area (Å²) >= 11 is 0. The van der Waals surface area contributed by atoms with E-state index in [1.54, 1.807) is 0 Å². The van der Waals surface area contributed by atoms with Crippen molar-refractivity contribution in [2.45, 2.75) is 64.0 Å². The van der Waals surface area contributed by atoms with Crippen LogP contribution in [0.2, 0.25) is 0 Å². The molecule has 2 fully saturated rings. The topological polar surface area (TPSA) is 53.6 Å². The molecule has 1 atom stereocenters. The summed E-state index contributed by atoms with van der Waals surface area (Å²) in [4.78, 5) is 7.07. The van der Waals surface area contributed by atoms with E-state index < -0.39 is 0 Å². The summed E-state index contributed by atoms with van der Waals surface area (Å²) in [5, 5.41) is 0. The third kappa shape index (κ3) is 2.88. The van der Waals surface area contributed by atoms with Gasteiger partial charge in [-0.25, -0.2) is 10.8 Å². The molecule has 0 spiro atoms. The van der Waals surface area contributed by atoms with Gasteiger partial charge in [-0.2, -0.15) is 0 Å². The Labute approximate surface area is 98.3 Å². The molecule has 4 nitrogen and oxygen atoms in total. The normalized spacial score (nSPS) is 27.8. The molecule has 92 valence electrons. The lowest BCUT2D eigenvalue weighted by Crippen LogP contribution is -2.49. The van der Waals surface area contributed by atoms with Crippen molar-refractivity contribution in [3.05, 3.63) is 0 Å². The zero-order valence-electron chi connectivity index (χ0n) is 10.3. The molecule has 0 bridgehead atoms. The first-order valence-corrected chi connectivity index (χ1v) is 6.66. The van der Waals surface area contributed by atoms with Crippen LogP contribution in [-0.2, 0) is 0 Å². The first-order valence-electron chi connectivity index (χ1n) is 6.66. The van der Waals surface area contributed by atoms with Crippen molar-refractivity contribution in [2.75, 3.05) is 6.54 Å². The molecule has 2 rings (SSSR count). The summed E-state index contributed by atoms with van der Waals surface area (Å²) in [6.45, 7) is 3.36. The van der Waals surface area contributed by atoms with Gasteiger partial charge in [-0.1, -0.05) is 19.8 Å². The van der Waals surface area contributed by atoms with E-state index in [0.717, 1.165) is 12.5 Å². The predicted octanol–water partition coefficient (Wildman–Crippen LogP) is 1.62. The van der Waals surface area contributed by atoms with Crippen LogP contribution in [0, 0.1) is 0 Å². The maximum absolute atomic E-state index is 5.63. The Hall–Kier alpha value is -0.770. The van der Waals surface area contributed by atoms with Crippen molar-refractivity contribution in [2.24, 2.45) is 10.8 Å². The minimum absolute atomic E-state index is 0.534. The van der Waals surface area contributed by atoms with Crippen LogP contribution in [0.3, 0.4) is 0 Å². The molecule has 1 unspecified atom stereocenters. The second-order valence-electron chi connectivity index (χ2n) is 4.93. The van der Waals surface area contributed by atoms with E-state index in [2.05, 4.69) is 22.2 Å². The number of guanidine groups is 1. The minimum atomic E-state index is 0.534. The van der Waals surface area contributed by atoms with Crippen LogP contribution in [0.5, 0.6) is 0 Å². The van der Waals surface area contributed by atoms with Gasteiger partial charge in [0.25, 0.3) is 0 Å². The van der Waals surface area contributed by atoms with Crippen molar-refractivity contribution < 1.29 is 0 Å².